The zero-order valence-electron chi connectivity index (χ0n) is 10.7. The van der Waals surface area contributed by atoms with Gasteiger partial charge in [-0.05, 0) is 24.6 Å². The van der Waals surface area contributed by atoms with Gasteiger partial charge in [0.2, 0.25) is 0 Å². The van der Waals surface area contributed by atoms with Crippen molar-refractivity contribution >= 4 is 15.9 Å². The van der Waals surface area contributed by atoms with E-state index < -0.39 is 12.7 Å². The summed E-state index contributed by atoms with van der Waals surface area (Å²) < 4.78 is 29.8. The highest BCUT2D eigenvalue weighted by Crippen LogP contribution is 2.24. The van der Waals surface area contributed by atoms with E-state index in [1.54, 1.807) is 12.1 Å². The van der Waals surface area contributed by atoms with Gasteiger partial charge in [-0.15, -0.1) is 0 Å². The quantitative estimate of drug-likeness (QED) is 0.764. The number of hydrogen-bond donors (Lipinski definition) is 2. The third-order valence-corrected chi connectivity index (χ3v) is 3.05. The second kappa shape index (κ2) is 8.45. The van der Waals surface area contributed by atoms with Gasteiger partial charge in [-0.25, -0.2) is 0 Å². The Morgan fingerprint density at radius 3 is 2.79 bits per heavy atom. The van der Waals surface area contributed by atoms with E-state index in [0.29, 0.717) is 25.1 Å². The molecule has 0 heterocycles. The SMILES string of the molecule is CCCC(O)CNCc1cc(Br)ccc1OC(F)F. The van der Waals surface area contributed by atoms with Gasteiger partial charge in [-0.1, -0.05) is 29.3 Å². The van der Waals surface area contributed by atoms with Crippen LogP contribution in [0.5, 0.6) is 5.75 Å². The molecule has 0 amide bonds. The summed E-state index contributed by atoms with van der Waals surface area (Å²) >= 11 is 3.29. The monoisotopic (exact) mass is 337 g/mol. The molecule has 1 aromatic rings. The Morgan fingerprint density at radius 2 is 2.16 bits per heavy atom. The third kappa shape index (κ3) is 6.31. The molecule has 1 rings (SSSR count). The van der Waals surface area contributed by atoms with Crippen LogP contribution >= 0.6 is 15.9 Å². The van der Waals surface area contributed by atoms with Crippen molar-refractivity contribution in [3.8, 4) is 5.75 Å². The molecule has 0 aliphatic carbocycles. The highest BCUT2D eigenvalue weighted by Gasteiger charge is 2.10. The molecule has 0 aromatic heterocycles. The number of nitrogens with one attached hydrogen (secondary N) is 1. The molecule has 0 aliphatic rings. The van der Waals surface area contributed by atoms with Crippen molar-refractivity contribution in [3.05, 3.63) is 28.2 Å². The number of aliphatic hydroxyl groups excluding tert-OH is 1. The van der Waals surface area contributed by atoms with Gasteiger partial charge in [-0.2, -0.15) is 8.78 Å². The van der Waals surface area contributed by atoms with Crippen LogP contribution in [0.4, 0.5) is 8.78 Å². The molecule has 1 aromatic carbocycles. The Balaban J connectivity index is 2.57. The maximum absolute atomic E-state index is 12.3. The van der Waals surface area contributed by atoms with Crippen molar-refractivity contribution < 1.29 is 18.6 Å². The molecular formula is C13H18BrF2NO2. The molecule has 1 unspecified atom stereocenters. The van der Waals surface area contributed by atoms with Gasteiger partial charge in [0.1, 0.15) is 5.75 Å². The van der Waals surface area contributed by atoms with E-state index in [2.05, 4.69) is 26.0 Å². The lowest BCUT2D eigenvalue weighted by molar-refractivity contribution is -0.0505. The van der Waals surface area contributed by atoms with E-state index >= 15 is 0 Å². The topological polar surface area (TPSA) is 41.5 Å². The number of aliphatic hydroxyl groups is 1. The molecule has 6 heteroatoms. The number of rotatable bonds is 8. The first-order chi connectivity index (χ1) is 9.02. The number of benzene rings is 1. The summed E-state index contributed by atoms with van der Waals surface area (Å²) in [5.74, 6) is 0.149. The van der Waals surface area contributed by atoms with Gasteiger partial charge in [0, 0.05) is 23.1 Å². The average Bonchev–Trinajstić information content (AvgIpc) is 2.32. The fraction of sp³-hybridized carbons (Fsp3) is 0.538. The van der Waals surface area contributed by atoms with E-state index in [4.69, 9.17) is 0 Å². The molecule has 1 atom stereocenters. The molecule has 0 radical (unpaired) electrons. The Labute approximate surface area is 120 Å². The minimum Gasteiger partial charge on any atom is -0.434 e. The van der Waals surface area contributed by atoms with Crippen LogP contribution < -0.4 is 10.1 Å². The van der Waals surface area contributed by atoms with Gasteiger partial charge in [0.15, 0.2) is 0 Å². The fourth-order valence-electron chi connectivity index (χ4n) is 1.71. The van der Waals surface area contributed by atoms with Crippen LogP contribution in [-0.2, 0) is 6.54 Å². The third-order valence-electron chi connectivity index (χ3n) is 2.56. The van der Waals surface area contributed by atoms with Crippen LogP contribution in [0.3, 0.4) is 0 Å². The smallest absolute Gasteiger partial charge is 0.387 e. The van der Waals surface area contributed by atoms with Crippen LogP contribution in [0, 0.1) is 0 Å². The van der Waals surface area contributed by atoms with Crippen LogP contribution in [-0.4, -0.2) is 24.4 Å². The van der Waals surface area contributed by atoms with Crippen molar-refractivity contribution in [2.45, 2.75) is 39.0 Å². The summed E-state index contributed by atoms with van der Waals surface area (Å²) in [6.45, 7) is -0.0614. The van der Waals surface area contributed by atoms with Crippen LogP contribution in [0.1, 0.15) is 25.3 Å². The summed E-state index contributed by atoms with van der Waals surface area (Å²) in [5, 5.41) is 12.6. The Kier molecular flexibility index (Phi) is 7.27. The lowest BCUT2D eigenvalue weighted by atomic mass is 10.2. The molecule has 108 valence electrons. The zero-order valence-corrected chi connectivity index (χ0v) is 12.3. The summed E-state index contributed by atoms with van der Waals surface area (Å²) in [7, 11) is 0. The van der Waals surface area contributed by atoms with E-state index in [0.717, 1.165) is 10.9 Å². The fourth-order valence-corrected chi connectivity index (χ4v) is 2.11. The largest absolute Gasteiger partial charge is 0.434 e. The second-order valence-electron chi connectivity index (χ2n) is 4.20. The normalized spacial score (nSPS) is 12.7. The van der Waals surface area contributed by atoms with E-state index in [-0.39, 0.29) is 5.75 Å². The van der Waals surface area contributed by atoms with Gasteiger partial charge < -0.3 is 15.2 Å². The highest BCUT2D eigenvalue weighted by atomic mass is 79.9. The first-order valence-electron chi connectivity index (χ1n) is 6.15. The minimum absolute atomic E-state index is 0.149. The van der Waals surface area contributed by atoms with Gasteiger partial charge in [-0.3, -0.25) is 0 Å². The first kappa shape index (κ1) is 16.3. The summed E-state index contributed by atoms with van der Waals surface area (Å²) in [5.41, 5.74) is 0.623. The molecule has 3 nitrogen and oxygen atoms in total. The lowest BCUT2D eigenvalue weighted by Crippen LogP contribution is -2.26. The lowest BCUT2D eigenvalue weighted by Gasteiger charge is -2.14. The maximum atomic E-state index is 12.3. The molecule has 0 bridgehead atoms. The molecule has 19 heavy (non-hydrogen) atoms. The molecule has 0 saturated heterocycles. The van der Waals surface area contributed by atoms with Crippen LogP contribution in [0.15, 0.2) is 22.7 Å². The Hall–Kier alpha value is -0.720. The number of ether oxygens (including phenoxy) is 1. The summed E-state index contributed by atoms with van der Waals surface area (Å²) in [6, 6.07) is 4.86. The predicted molar refractivity (Wildman–Crippen MR) is 73.4 cm³/mol. The number of alkyl halides is 2. The predicted octanol–water partition coefficient (Wildman–Crippen LogP) is 3.30. The molecular weight excluding hydrogens is 320 g/mol. The minimum atomic E-state index is -2.84. The molecule has 0 spiro atoms. The summed E-state index contributed by atoms with van der Waals surface area (Å²) in [4.78, 5) is 0. The standard InChI is InChI=1S/C13H18BrF2NO2/c1-2-3-11(18)8-17-7-9-6-10(14)4-5-12(9)19-13(15)16/h4-6,11,13,17-18H,2-3,7-8H2,1H3. The second-order valence-corrected chi connectivity index (χ2v) is 5.12. The highest BCUT2D eigenvalue weighted by molar-refractivity contribution is 9.10. The van der Waals surface area contributed by atoms with Crippen molar-refractivity contribution in [2.75, 3.05) is 6.54 Å². The first-order valence-corrected chi connectivity index (χ1v) is 6.94. The maximum Gasteiger partial charge on any atom is 0.387 e. The van der Waals surface area contributed by atoms with Crippen molar-refractivity contribution in [1.82, 2.24) is 5.32 Å². The van der Waals surface area contributed by atoms with Crippen molar-refractivity contribution in [2.24, 2.45) is 0 Å². The number of halogens is 3. The van der Waals surface area contributed by atoms with Gasteiger partial charge in [0.05, 0.1) is 6.10 Å². The molecule has 0 fully saturated rings. The Bertz CT molecular complexity index is 391. The average molecular weight is 338 g/mol. The zero-order chi connectivity index (χ0) is 14.3. The van der Waals surface area contributed by atoms with Gasteiger partial charge in [0.25, 0.3) is 0 Å². The summed E-state index contributed by atoms with van der Waals surface area (Å²) in [6.07, 6.45) is 1.20. The van der Waals surface area contributed by atoms with E-state index in [9.17, 15) is 13.9 Å². The van der Waals surface area contributed by atoms with E-state index in [1.165, 1.54) is 6.07 Å². The van der Waals surface area contributed by atoms with Gasteiger partial charge >= 0.3 is 6.61 Å². The van der Waals surface area contributed by atoms with Crippen LogP contribution in [0.25, 0.3) is 0 Å². The molecule has 0 aliphatic heterocycles. The molecule has 2 N–H and O–H groups in total. The van der Waals surface area contributed by atoms with Crippen molar-refractivity contribution in [1.29, 1.82) is 0 Å². The molecule has 0 saturated carbocycles. The van der Waals surface area contributed by atoms with E-state index in [1.807, 2.05) is 6.92 Å². The van der Waals surface area contributed by atoms with Crippen molar-refractivity contribution in [3.63, 3.8) is 0 Å². The van der Waals surface area contributed by atoms with Crippen LogP contribution in [0.2, 0.25) is 0 Å². The Morgan fingerprint density at radius 1 is 1.42 bits per heavy atom. The number of hydrogen-bond acceptors (Lipinski definition) is 3.